The first kappa shape index (κ1) is 11.2. The van der Waals surface area contributed by atoms with E-state index in [1.165, 1.54) is 24.6 Å². The third kappa shape index (κ3) is 3.07. The zero-order valence-electron chi connectivity index (χ0n) is 8.41. The standard InChI is InChI=1S/C8H14N2.C2H6/c1-2-7-4-3-5-10-8(7)6-9;1-2/h6,9-10H,2-5H2,1H3;1-2H3. The molecule has 2 N–H and O–H groups in total. The second kappa shape index (κ2) is 6.89. The van der Waals surface area contributed by atoms with Crippen LogP contribution in [0.5, 0.6) is 0 Å². The van der Waals surface area contributed by atoms with E-state index in [0.29, 0.717) is 0 Å². The van der Waals surface area contributed by atoms with Crippen molar-refractivity contribution in [2.24, 2.45) is 0 Å². The summed E-state index contributed by atoms with van der Waals surface area (Å²) in [5.74, 6) is 0. The van der Waals surface area contributed by atoms with Gasteiger partial charge in [0.15, 0.2) is 0 Å². The van der Waals surface area contributed by atoms with E-state index in [9.17, 15) is 0 Å². The van der Waals surface area contributed by atoms with Gasteiger partial charge in [-0.1, -0.05) is 20.8 Å². The van der Waals surface area contributed by atoms with Gasteiger partial charge in [-0.3, -0.25) is 0 Å². The first-order valence-electron chi connectivity index (χ1n) is 4.85. The lowest BCUT2D eigenvalue weighted by atomic mass is 10.0. The normalized spacial score (nSPS) is 15.9. The van der Waals surface area contributed by atoms with Crippen LogP contribution in [-0.4, -0.2) is 12.8 Å². The Bertz CT molecular complexity index is 159. The molecule has 0 amide bonds. The molecule has 0 saturated heterocycles. The Kier molecular flexibility index (Phi) is 6.44. The zero-order valence-corrected chi connectivity index (χ0v) is 8.41. The third-order valence-corrected chi connectivity index (χ3v) is 1.92. The van der Waals surface area contributed by atoms with Gasteiger partial charge < -0.3 is 10.7 Å². The molecule has 1 aliphatic rings. The maximum atomic E-state index is 7.09. The van der Waals surface area contributed by atoms with Gasteiger partial charge in [-0.15, -0.1) is 0 Å². The van der Waals surface area contributed by atoms with Crippen LogP contribution in [0.25, 0.3) is 0 Å². The molecule has 0 aromatic carbocycles. The SMILES string of the molecule is CC.CCC1=C(C=N)NCCC1. The van der Waals surface area contributed by atoms with Crippen LogP contribution in [0.15, 0.2) is 11.3 Å². The molecular formula is C10H20N2. The third-order valence-electron chi connectivity index (χ3n) is 1.92. The summed E-state index contributed by atoms with van der Waals surface area (Å²) >= 11 is 0. The number of hydrogen-bond donors (Lipinski definition) is 2. The highest BCUT2D eigenvalue weighted by atomic mass is 14.9. The Morgan fingerprint density at radius 1 is 1.50 bits per heavy atom. The van der Waals surface area contributed by atoms with Crippen LogP contribution in [0.1, 0.15) is 40.0 Å². The van der Waals surface area contributed by atoms with Gasteiger partial charge in [-0.2, -0.15) is 0 Å². The fraction of sp³-hybridized carbons (Fsp3) is 0.700. The Hall–Kier alpha value is -0.790. The topological polar surface area (TPSA) is 35.9 Å². The van der Waals surface area contributed by atoms with Gasteiger partial charge in [0.1, 0.15) is 0 Å². The van der Waals surface area contributed by atoms with E-state index in [4.69, 9.17) is 5.41 Å². The maximum Gasteiger partial charge on any atom is 0.0510 e. The summed E-state index contributed by atoms with van der Waals surface area (Å²) in [4.78, 5) is 0. The molecule has 0 aliphatic carbocycles. The summed E-state index contributed by atoms with van der Waals surface area (Å²) in [5.41, 5.74) is 2.45. The molecule has 2 heteroatoms. The summed E-state index contributed by atoms with van der Waals surface area (Å²) in [6.45, 7) is 7.18. The molecule has 0 aromatic rings. The summed E-state index contributed by atoms with van der Waals surface area (Å²) in [5, 5.41) is 10.3. The average molecular weight is 168 g/mol. The molecule has 12 heavy (non-hydrogen) atoms. The minimum atomic E-state index is 1.04. The predicted octanol–water partition coefficient (Wildman–Crippen LogP) is 2.71. The monoisotopic (exact) mass is 168 g/mol. The van der Waals surface area contributed by atoms with Crippen LogP contribution in [-0.2, 0) is 0 Å². The highest BCUT2D eigenvalue weighted by molar-refractivity contribution is 5.76. The summed E-state index contributed by atoms with van der Waals surface area (Å²) in [6.07, 6.45) is 4.91. The molecule has 1 aliphatic heterocycles. The lowest BCUT2D eigenvalue weighted by Crippen LogP contribution is -2.22. The second-order valence-electron chi connectivity index (χ2n) is 2.55. The largest absolute Gasteiger partial charge is 0.384 e. The van der Waals surface area contributed by atoms with Gasteiger partial charge in [0, 0.05) is 12.8 Å². The number of nitrogens with one attached hydrogen (secondary N) is 2. The Morgan fingerprint density at radius 3 is 2.58 bits per heavy atom. The molecule has 0 saturated carbocycles. The predicted molar refractivity (Wildman–Crippen MR) is 54.7 cm³/mol. The Morgan fingerprint density at radius 2 is 2.17 bits per heavy atom. The minimum Gasteiger partial charge on any atom is -0.384 e. The number of rotatable bonds is 2. The van der Waals surface area contributed by atoms with Crippen LogP contribution in [0.3, 0.4) is 0 Å². The molecule has 70 valence electrons. The van der Waals surface area contributed by atoms with Gasteiger partial charge in [0.2, 0.25) is 0 Å². The number of hydrogen-bond acceptors (Lipinski definition) is 2. The van der Waals surface area contributed by atoms with Crippen molar-refractivity contribution in [1.29, 1.82) is 5.41 Å². The van der Waals surface area contributed by atoms with E-state index in [-0.39, 0.29) is 0 Å². The maximum absolute atomic E-state index is 7.09. The van der Waals surface area contributed by atoms with E-state index < -0.39 is 0 Å². The van der Waals surface area contributed by atoms with Gasteiger partial charge in [-0.05, 0) is 24.8 Å². The molecule has 0 fully saturated rings. The lowest BCUT2D eigenvalue weighted by molar-refractivity contribution is 0.666. The smallest absolute Gasteiger partial charge is 0.0510 e. The van der Waals surface area contributed by atoms with Crippen molar-refractivity contribution in [3.8, 4) is 0 Å². The first-order valence-corrected chi connectivity index (χ1v) is 4.85. The van der Waals surface area contributed by atoms with Gasteiger partial charge in [0.25, 0.3) is 0 Å². The van der Waals surface area contributed by atoms with Crippen molar-refractivity contribution in [3.63, 3.8) is 0 Å². The molecule has 0 aromatic heterocycles. The quantitative estimate of drug-likeness (QED) is 0.611. The van der Waals surface area contributed by atoms with E-state index in [1.807, 2.05) is 13.8 Å². The zero-order chi connectivity index (χ0) is 9.40. The van der Waals surface area contributed by atoms with E-state index in [0.717, 1.165) is 18.7 Å². The van der Waals surface area contributed by atoms with E-state index >= 15 is 0 Å². The van der Waals surface area contributed by atoms with Crippen molar-refractivity contribution < 1.29 is 0 Å². The van der Waals surface area contributed by atoms with Crippen molar-refractivity contribution in [2.75, 3.05) is 6.54 Å². The summed E-state index contributed by atoms with van der Waals surface area (Å²) < 4.78 is 0. The molecule has 0 bridgehead atoms. The molecular weight excluding hydrogens is 148 g/mol. The molecule has 0 radical (unpaired) electrons. The van der Waals surface area contributed by atoms with Gasteiger partial charge >= 0.3 is 0 Å². The van der Waals surface area contributed by atoms with E-state index in [2.05, 4.69) is 12.2 Å². The Balaban J connectivity index is 0.000000561. The van der Waals surface area contributed by atoms with Crippen LogP contribution in [0, 0.1) is 5.41 Å². The van der Waals surface area contributed by atoms with Crippen molar-refractivity contribution in [1.82, 2.24) is 5.32 Å². The van der Waals surface area contributed by atoms with Gasteiger partial charge in [0.05, 0.1) is 5.70 Å². The van der Waals surface area contributed by atoms with Crippen LogP contribution < -0.4 is 5.32 Å². The van der Waals surface area contributed by atoms with Crippen LogP contribution >= 0.6 is 0 Å². The second-order valence-corrected chi connectivity index (χ2v) is 2.55. The lowest BCUT2D eigenvalue weighted by Gasteiger charge is -2.17. The van der Waals surface area contributed by atoms with Crippen molar-refractivity contribution in [2.45, 2.75) is 40.0 Å². The molecule has 1 rings (SSSR count). The molecule has 1 heterocycles. The molecule has 0 atom stereocenters. The highest BCUT2D eigenvalue weighted by Crippen LogP contribution is 2.15. The fourth-order valence-electron chi connectivity index (χ4n) is 1.30. The number of allylic oxidation sites excluding steroid dienone is 2. The van der Waals surface area contributed by atoms with Gasteiger partial charge in [-0.25, -0.2) is 0 Å². The first-order chi connectivity index (χ1) is 5.88. The van der Waals surface area contributed by atoms with Crippen LogP contribution in [0.4, 0.5) is 0 Å². The molecule has 0 spiro atoms. The molecule has 0 unspecified atom stereocenters. The van der Waals surface area contributed by atoms with E-state index in [1.54, 1.807) is 0 Å². The van der Waals surface area contributed by atoms with Crippen molar-refractivity contribution in [3.05, 3.63) is 11.3 Å². The average Bonchev–Trinajstić information content (AvgIpc) is 2.20. The molecule has 2 nitrogen and oxygen atoms in total. The minimum absolute atomic E-state index is 1.04. The Labute approximate surface area is 75.6 Å². The summed E-state index contributed by atoms with van der Waals surface area (Å²) in [6, 6.07) is 0. The van der Waals surface area contributed by atoms with Crippen LogP contribution in [0.2, 0.25) is 0 Å². The van der Waals surface area contributed by atoms with Crippen molar-refractivity contribution >= 4 is 6.21 Å². The highest BCUT2D eigenvalue weighted by Gasteiger charge is 2.06. The fourth-order valence-corrected chi connectivity index (χ4v) is 1.30. The summed E-state index contributed by atoms with van der Waals surface area (Å²) in [7, 11) is 0.